The normalized spacial score (nSPS) is 30.0. The molecule has 1 aromatic heterocycles. The highest BCUT2D eigenvalue weighted by Gasteiger charge is 2.53. The Labute approximate surface area is 198 Å². The average Bonchev–Trinajstić information content (AvgIpc) is 3.30. The molecule has 2 heterocycles. The van der Waals surface area contributed by atoms with Gasteiger partial charge in [0.1, 0.15) is 11.9 Å². The van der Waals surface area contributed by atoms with Gasteiger partial charge in [0.2, 0.25) is 5.69 Å². The second-order valence-corrected chi connectivity index (χ2v) is 10.7. The summed E-state index contributed by atoms with van der Waals surface area (Å²) in [6, 6.07) is 7.86. The summed E-state index contributed by atoms with van der Waals surface area (Å²) in [5, 5.41) is 16.6. The number of ether oxygens (including phenoxy) is 1. The van der Waals surface area contributed by atoms with E-state index < -0.39 is 4.92 Å². The summed E-state index contributed by atoms with van der Waals surface area (Å²) < 4.78 is 7.06. The van der Waals surface area contributed by atoms with E-state index in [-0.39, 0.29) is 22.8 Å². The van der Waals surface area contributed by atoms with E-state index in [1.807, 2.05) is 28.9 Å². The number of hydrogen-bond donors (Lipinski definition) is 0. The molecule has 1 saturated heterocycles. The second-order valence-electron chi connectivity index (χ2n) is 10.7. The fourth-order valence-electron chi connectivity index (χ4n) is 7.35. The molecule has 4 saturated carbocycles. The summed E-state index contributed by atoms with van der Waals surface area (Å²) >= 11 is 0. The molecular formula is C25H31N5O4. The zero-order valence-electron chi connectivity index (χ0n) is 19.6. The first-order chi connectivity index (χ1) is 16.4. The van der Waals surface area contributed by atoms with Gasteiger partial charge < -0.3 is 14.5 Å². The van der Waals surface area contributed by atoms with Gasteiger partial charge in [-0.3, -0.25) is 19.6 Å². The summed E-state index contributed by atoms with van der Waals surface area (Å²) in [5.41, 5.74) is 0.771. The molecule has 5 fully saturated rings. The van der Waals surface area contributed by atoms with Gasteiger partial charge in [0.05, 0.1) is 17.6 Å². The summed E-state index contributed by atoms with van der Waals surface area (Å²) in [6.45, 7) is 2.35. The van der Waals surface area contributed by atoms with Crippen LogP contribution < -0.4 is 9.64 Å². The molecular weight excluding hydrogens is 434 g/mol. The van der Waals surface area contributed by atoms with Gasteiger partial charge in [0.15, 0.2) is 0 Å². The Hall–Kier alpha value is -3.10. The van der Waals surface area contributed by atoms with Crippen LogP contribution in [0.3, 0.4) is 0 Å². The number of hydrogen-bond acceptors (Lipinski definition) is 6. The molecule has 9 nitrogen and oxygen atoms in total. The highest BCUT2D eigenvalue weighted by molar-refractivity contribution is 5.96. The fraction of sp³-hybridized carbons (Fsp3) is 0.600. The lowest BCUT2D eigenvalue weighted by molar-refractivity contribution is -0.385. The molecule has 34 heavy (non-hydrogen) atoms. The van der Waals surface area contributed by atoms with E-state index >= 15 is 0 Å². The molecule has 0 unspecified atom stereocenters. The van der Waals surface area contributed by atoms with Gasteiger partial charge in [0, 0.05) is 31.9 Å². The quantitative estimate of drug-likeness (QED) is 0.494. The molecule has 2 aromatic rings. The lowest BCUT2D eigenvalue weighted by Crippen LogP contribution is -2.52. The van der Waals surface area contributed by atoms with Gasteiger partial charge in [0.25, 0.3) is 5.91 Å². The summed E-state index contributed by atoms with van der Waals surface area (Å²) in [7, 11) is 1.64. The molecule has 0 N–H and O–H groups in total. The third-order valence-corrected chi connectivity index (χ3v) is 8.59. The van der Waals surface area contributed by atoms with Gasteiger partial charge in [-0.15, -0.1) is 0 Å². The molecule has 4 aliphatic carbocycles. The van der Waals surface area contributed by atoms with Crippen molar-refractivity contribution in [3.05, 3.63) is 46.3 Å². The van der Waals surface area contributed by atoms with Crippen LogP contribution in [0.1, 0.15) is 49.0 Å². The van der Waals surface area contributed by atoms with Gasteiger partial charge >= 0.3 is 5.69 Å². The maximum Gasteiger partial charge on any atom is 0.320 e. The number of carbonyl (C=O) groups is 1. The molecule has 9 heteroatoms. The second kappa shape index (κ2) is 7.99. The molecule has 0 spiro atoms. The van der Waals surface area contributed by atoms with Crippen LogP contribution in [0.25, 0.3) is 0 Å². The minimum Gasteiger partial charge on any atom is -0.497 e. The Morgan fingerprint density at radius 1 is 1.03 bits per heavy atom. The zero-order valence-corrected chi connectivity index (χ0v) is 19.6. The van der Waals surface area contributed by atoms with Crippen molar-refractivity contribution < 1.29 is 14.5 Å². The fourth-order valence-corrected chi connectivity index (χ4v) is 7.35. The monoisotopic (exact) mass is 465 g/mol. The number of nitrogens with zero attached hydrogens (tertiary/aromatic N) is 5. The van der Waals surface area contributed by atoms with E-state index in [0.717, 1.165) is 30.7 Å². The van der Waals surface area contributed by atoms with Crippen LogP contribution in [0.4, 0.5) is 11.4 Å². The smallest absolute Gasteiger partial charge is 0.320 e. The standard InChI is InChI=1S/C25H31N5O4/c1-34-21-4-2-20(3-5-21)27-6-8-28(9-7-27)24(31)23-22(30(32)33)16-29(26-23)25-13-17-10-18(14-25)12-19(11-17)15-25/h2-5,16-19H,6-15H2,1H3. The van der Waals surface area contributed by atoms with Crippen molar-refractivity contribution in [2.75, 3.05) is 38.2 Å². The van der Waals surface area contributed by atoms with Crippen LogP contribution in [0, 0.1) is 27.9 Å². The van der Waals surface area contributed by atoms with Crippen molar-refractivity contribution in [2.45, 2.75) is 44.1 Å². The number of methoxy groups -OCH3 is 1. The number of aromatic nitrogens is 2. The Morgan fingerprint density at radius 2 is 1.62 bits per heavy atom. The maximum absolute atomic E-state index is 13.4. The van der Waals surface area contributed by atoms with E-state index in [1.54, 1.807) is 18.2 Å². The first-order valence-electron chi connectivity index (χ1n) is 12.4. The van der Waals surface area contributed by atoms with Crippen molar-refractivity contribution in [3.63, 3.8) is 0 Å². The number of rotatable bonds is 5. The lowest BCUT2D eigenvalue weighted by atomic mass is 9.53. The van der Waals surface area contributed by atoms with E-state index in [1.165, 1.54) is 19.3 Å². The van der Waals surface area contributed by atoms with Gasteiger partial charge in [-0.05, 0) is 80.5 Å². The molecule has 4 bridgehead atoms. The number of carbonyl (C=O) groups excluding carboxylic acids is 1. The minimum absolute atomic E-state index is 0.00126. The van der Waals surface area contributed by atoms with E-state index in [9.17, 15) is 14.9 Å². The van der Waals surface area contributed by atoms with Crippen molar-refractivity contribution in [1.82, 2.24) is 14.7 Å². The van der Waals surface area contributed by atoms with Crippen LogP contribution in [0.15, 0.2) is 30.5 Å². The number of piperazine rings is 1. The number of anilines is 1. The Morgan fingerprint density at radius 3 is 2.15 bits per heavy atom. The molecule has 0 radical (unpaired) electrons. The topological polar surface area (TPSA) is 93.7 Å². The number of amides is 1. The summed E-state index contributed by atoms with van der Waals surface area (Å²) in [4.78, 5) is 28.8. The van der Waals surface area contributed by atoms with Gasteiger partial charge in [-0.2, -0.15) is 5.10 Å². The highest BCUT2D eigenvalue weighted by atomic mass is 16.6. The Balaban J connectivity index is 1.20. The third-order valence-electron chi connectivity index (χ3n) is 8.59. The van der Waals surface area contributed by atoms with Crippen molar-refractivity contribution in [2.24, 2.45) is 17.8 Å². The molecule has 7 rings (SSSR count). The molecule has 5 aliphatic rings. The summed E-state index contributed by atoms with van der Waals surface area (Å²) in [6.07, 6.45) is 8.50. The van der Waals surface area contributed by atoms with E-state index in [2.05, 4.69) is 10.00 Å². The Bertz CT molecular complexity index is 1070. The van der Waals surface area contributed by atoms with Crippen LogP contribution in [-0.2, 0) is 5.54 Å². The van der Waals surface area contributed by atoms with E-state index in [4.69, 9.17) is 4.74 Å². The first-order valence-corrected chi connectivity index (χ1v) is 12.4. The molecule has 180 valence electrons. The SMILES string of the molecule is COc1ccc(N2CCN(C(=O)c3nn(C45CC6CC(CC(C6)C4)C5)cc3[N+](=O)[O-])CC2)cc1. The number of nitro groups is 1. The predicted molar refractivity (Wildman–Crippen MR) is 126 cm³/mol. The maximum atomic E-state index is 13.4. The predicted octanol–water partition coefficient (Wildman–Crippen LogP) is 3.69. The van der Waals surface area contributed by atoms with Gasteiger partial charge in [-0.25, -0.2) is 0 Å². The molecule has 0 atom stereocenters. The van der Waals surface area contributed by atoms with Crippen molar-refractivity contribution in [1.29, 1.82) is 0 Å². The molecule has 1 aliphatic heterocycles. The minimum atomic E-state index is -0.440. The van der Waals surface area contributed by atoms with Crippen LogP contribution in [0.5, 0.6) is 5.75 Å². The number of benzene rings is 1. The average molecular weight is 466 g/mol. The van der Waals surface area contributed by atoms with Crippen LogP contribution in [0.2, 0.25) is 0 Å². The highest BCUT2D eigenvalue weighted by Crippen LogP contribution is 2.58. The van der Waals surface area contributed by atoms with Gasteiger partial charge in [-0.1, -0.05) is 0 Å². The largest absolute Gasteiger partial charge is 0.497 e. The zero-order chi connectivity index (χ0) is 23.4. The third kappa shape index (κ3) is 3.52. The summed E-state index contributed by atoms with van der Waals surface area (Å²) in [5.74, 6) is 2.56. The van der Waals surface area contributed by atoms with Crippen LogP contribution in [-0.4, -0.2) is 58.8 Å². The van der Waals surface area contributed by atoms with Crippen LogP contribution >= 0.6 is 0 Å². The molecule has 1 amide bonds. The van der Waals surface area contributed by atoms with E-state index in [0.29, 0.717) is 43.9 Å². The first kappa shape index (κ1) is 21.4. The lowest BCUT2D eigenvalue weighted by Gasteiger charge is -2.56. The Kier molecular flexibility index (Phi) is 5.04. The molecule has 1 aromatic carbocycles. The van der Waals surface area contributed by atoms with Crippen molar-refractivity contribution >= 4 is 17.3 Å². The van der Waals surface area contributed by atoms with Crippen molar-refractivity contribution in [3.8, 4) is 5.75 Å².